The van der Waals surface area contributed by atoms with Gasteiger partial charge in [-0.25, -0.2) is 0 Å². The van der Waals surface area contributed by atoms with Crippen LogP contribution in [0, 0.1) is 5.37 Å². The summed E-state index contributed by atoms with van der Waals surface area (Å²) >= 11 is 3.87. The Morgan fingerprint density at radius 2 is 1.90 bits per heavy atom. The molecule has 1 N–H and O–H groups in total. The third-order valence-corrected chi connectivity index (χ3v) is 1.01. The number of ketones is 1. The molecule has 0 heterocycles. The molecule has 0 fully saturated rings. The van der Waals surface area contributed by atoms with Crippen molar-refractivity contribution in [2.75, 3.05) is 0 Å². The van der Waals surface area contributed by atoms with Crippen molar-refractivity contribution in [3.63, 3.8) is 0 Å². The van der Waals surface area contributed by atoms with Crippen molar-refractivity contribution < 1.29 is 9.59 Å². The third kappa shape index (κ3) is 5.62. The predicted molar refractivity (Wildman–Crippen MR) is 41.3 cm³/mol. The second kappa shape index (κ2) is 4.33. The zero-order chi connectivity index (χ0) is 8.15. The summed E-state index contributed by atoms with van der Waals surface area (Å²) in [6.07, 6.45) is 0.197. The molecule has 1 amide bonds. The molecule has 0 aliphatic rings. The zero-order valence-corrected chi connectivity index (χ0v) is 6.87. The Balaban J connectivity index is 3.53. The van der Waals surface area contributed by atoms with Gasteiger partial charge in [-0.05, 0) is 6.92 Å². The summed E-state index contributed by atoms with van der Waals surface area (Å²) in [7, 11) is 0. The smallest absolute Gasteiger partial charge is 0.218 e. The number of carbonyl (C=O) groups is 2. The molecule has 1 radical (unpaired) electrons. The topological polar surface area (TPSA) is 46.2 Å². The van der Waals surface area contributed by atoms with Crippen LogP contribution in [0.15, 0.2) is 0 Å². The highest BCUT2D eigenvalue weighted by molar-refractivity contribution is 7.83. The first-order valence-electron chi connectivity index (χ1n) is 2.84. The number of nitrogens with one attached hydrogen (secondary N) is 1. The largest absolute Gasteiger partial charge is 0.339 e. The Bertz CT molecular complexity index is 131. The number of Topliss-reactive ketones (excluding diaryl/α,β-unsaturated/α-hetero) is 1. The maximum Gasteiger partial charge on any atom is 0.218 e. The monoisotopic (exact) mass is 160 g/mol. The summed E-state index contributed by atoms with van der Waals surface area (Å²) < 4.78 is 0. The molecule has 0 unspecified atom stereocenters. The maximum absolute atomic E-state index is 10.4. The van der Waals surface area contributed by atoms with Crippen molar-refractivity contribution in [3.8, 4) is 0 Å². The summed E-state index contributed by atoms with van der Waals surface area (Å²) in [6, 6.07) is 0. The van der Waals surface area contributed by atoms with Crippen LogP contribution < -0.4 is 5.32 Å². The van der Waals surface area contributed by atoms with Gasteiger partial charge in [-0.2, -0.15) is 0 Å². The van der Waals surface area contributed by atoms with Gasteiger partial charge in [0.05, 0.1) is 0 Å². The molecule has 0 saturated heterocycles. The van der Waals surface area contributed by atoms with E-state index in [1.54, 1.807) is 0 Å². The second-order valence-corrected chi connectivity index (χ2v) is 2.55. The Morgan fingerprint density at radius 3 is 2.20 bits per heavy atom. The van der Waals surface area contributed by atoms with Crippen LogP contribution in [0.4, 0.5) is 0 Å². The van der Waals surface area contributed by atoms with Gasteiger partial charge in [0.15, 0.2) is 0 Å². The molecular formula is C6H10NO2S. The van der Waals surface area contributed by atoms with E-state index in [1.807, 2.05) is 0 Å². The van der Waals surface area contributed by atoms with Crippen molar-refractivity contribution in [1.82, 2.24) is 5.32 Å². The summed E-state index contributed by atoms with van der Waals surface area (Å²) in [5, 5.41) is 2.80. The molecule has 0 atom stereocenters. The zero-order valence-electron chi connectivity index (χ0n) is 5.97. The minimum absolute atomic E-state index is 0.0150. The van der Waals surface area contributed by atoms with Gasteiger partial charge in [-0.15, -0.1) is 12.6 Å². The minimum atomic E-state index is -0.203. The summed E-state index contributed by atoms with van der Waals surface area (Å²) in [5.41, 5.74) is 0. The first-order valence-corrected chi connectivity index (χ1v) is 3.29. The van der Waals surface area contributed by atoms with Gasteiger partial charge >= 0.3 is 0 Å². The molecular weight excluding hydrogens is 150 g/mol. The van der Waals surface area contributed by atoms with E-state index in [2.05, 4.69) is 17.9 Å². The molecule has 0 aromatic heterocycles. The van der Waals surface area contributed by atoms with E-state index in [9.17, 15) is 9.59 Å². The van der Waals surface area contributed by atoms with Gasteiger partial charge in [0.2, 0.25) is 5.91 Å². The fourth-order valence-electron chi connectivity index (χ4n) is 0.483. The van der Waals surface area contributed by atoms with E-state index in [4.69, 9.17) is 0 Å². The highest BCUT2D eigenvalue weighted by Gasteiger charge is 2.07. The van der Waals surface area contributed by atoms with Gasteiger partial charge in [0.25, 0.3) is 0 Å². The molecule has 0 aliphatic heterocycles. The number of hydrogen-bond donors (Lipinski definition) is 2. The molecule has 0 rings (SSSR count). The number of amides is 1. The average Bonchev–Trinajstić information content (AvgIpc) is 1.58. The van der Waals surface area contributed by atoms with Gasteiger partial charge in [0, 0.05) is 13.3 Å². The maximum atomic E-state index is 10.4. The molecule has 0 spiro atoms. The molecule has 0 aromatic carbocycles. The third-order valence-electron chi connectivity index (χ3n) is 0.737. The van der Waals surface area contributed by atoms with Crippen LogP contribution in [0.3, 0.4) is 0 Å². The van der Waals surface area contributed by atoms with Gasteiger partial charge in [-0.3, -0.25) is 9.59 Å². The summed E-state index contributed by atoms with van der Waals surface area (Å²) in [6.45, 7) is 2.81. The molecule has 10 heavy (non-hydrogen) atoms. The normalized spacial score (nSPS) is 9.60. The van der Waals surface area contributed by atoms with E-state index < -0.39 is 0 Å². The van der Waals surface area contributed by atoms with Crippen LogP contribution in [0.25, 0.3) is 0 Å². The Kier molecular flexibility index (Phi) is 4.11. The van der Waals surface area contributed by atoms with Crippen LogP contribution in [0.5, 0.6) is 0 Å². The highest BCUT2D eigenvalue weighted by Crippen LogP contribution is 2.05. The molecule has 0 bridgehead atoms. The highest BCUT2D eigenvalue weighted by atomic mass is 32.1. The first kappa shape index (κ1) is 9.49. The first-order chi connectivity index (χ1) is 4.52. The van der Waals surface area contributed by atoms with Crippen LogP contribution in [-0.4, -0.2) is 11.7 Å². The molecule has 4 heteroatoms. The minimum Gasteiger partial charge on any atom is -0.339 e. The van der Waals surface area contributed by atoms with E-state index in [0.717, 1.165) is 0 Å². The SMILES string of the molecule is CC(=O)C[C](S)NC(C)=O. The molecule has 0 aliphatic carbocycles. The predicted octanol–water partition coefficient (Wildman–Crippen LogP) is 0.521. The Labute approximate surface area is 65.6 Å². The van der Waals surface area contributed by atoms with Crippen molar-refractivity contribution in [2.45, 2.75) is 20.3 Å². The fourth-order valence-corrected chi connectivity index (χ4v) is 0.863. The molecule has 57 valence electrons. The lowest BCUT2D eigenvalue weighted by molar-refractivity contribution is -0.118. The number of hydrogen-bond acceptors (Lipinski definition) is 3. The van der Waals surface area contributed by atoms with Crippen molar-refractivity contribution in [1.29, 1.82) is 0 Å². The van der Waals surface area contributed by atoms with Crippen molar-refractivity contribution in [2.24, 2.45) is 0 Å². The fraction of sp³-hybridized carbons (Fsp3) is 0.500. The van der Waals surface area contributed by atoms with Gasteiger partial charge < -0.3 is 5.32 Å². The lowest BCUT2D eigenvalue weighted by atomic mass is 10.3. The van der Waals surface area contributed by atoms with E-state index in [-0.39, 0.29) is 18.1 Å². The summed E-state index contributed by atoms with van der Waals surface area (Å²) in [4.78, 5) is 20.8. The van der Waals surface area contributed by atoms with Crippen molar-refractivity contribution >= 4 is 24.3 Å². The standard InChI is InChI=1S/C6H10NO2S/c1-4(8)3-6(10)7-5(2)9/h10H,3H2,1-2H3,(H,7,9). The average molecular weight is 160 g/mol. The molecule has 0 saturated carbocycles. The van der Waals surface area contributed by atoms with Gasteiger partial charge in [0.1, 0.15) is 11.2 Å². The number of thiol groups is 1. The van der Waals surface area contributed by atoms with Crippen LogP contribution in [0.2, 0.25) is 0 Å². The van der Waals surface area contributed by atoms with Crippen LogP contribution in [-0.2, 0) is 9.59 Å². The molecule has 3 nitrogen and oxygen atoms in total. The van der Waals surface area contributed by atoms with E-state index >= 15 is 0 Å². The molecule has 0 aromatic rings. The van der Waals surface area contributed by atoms with E-state index in [0.29, 0.717) is 5.37 Å². The lowest BCUT2D eigenvalue weighted by Gasteiger charge is -2.06. The Morgan fingerprint density at radius 1 is 1.40 bits per heavy atom. The quantitative estimate of drug-likeness (QED) is 0.591. The Hall–Kier alpha value is -0.510. The second-order valence-electron chi connectivity index (χ2n) is 2.01. The van der Waals surface area contributed by atoms with E-state index in [1.165, 1.54) is 13.8 Å². The van der Waals surface area contributed by atoms with Crippen LogP contribution >= 0.6 is 12.6 Å². The number of rotatable bonds is 3. The van der Waals surface area contributed by atoms with Crippen molar-refractivity contribution in [3.05, 3.63) is 5.37 Å². The number of carbonyl (C=O) groups excluding carboxylic acids is 2. The lowest BCUT2D eigenvalue weighted by Crippen LogP contribution is -2.23. The van der Waals surface area contributed by atoms with Gasteiger partial charge in [-0.1, -0.05) is 0 Å². The summed E-state index contributed by atoms with van der Waals surface area (Å²) in [5.74, 6) is -0.218. The van der Waals surface area contributed by atoms with Crippen LogP contribution in [0.1, 0.15) is 20.3 Å².